The Morgan fingerprint density at radius 1 is 0.556 bits per heavy atom. The van der Waals surface area contributed by atoms with E-state index >= 15 is 0 Å². The number of halogens is 7. The molecule has 8 heteroatoms. The molecule has 4 rings (SSSR count). The first kappa shape index (κ1) is 17.9. The van der Waals surface area contributed by atoms with Crippen LogP contribution in [0.25, 0.3) is 0 Å². The number of hydrogen-bond donors (Lipinski definition) is 0. The van der Waals surface area contributed by atoms with Crippen LogP contribution in [-0.2, 0) is 17.3 Å². The molecule has 1 heterocycles. The second-order valence-electron chi connectivity index (χ2n) is 5.91. The van der Waals surface area contributed by atoms with E-state index in [0.29, 0.717) is 24.3 Å². The van der Waals surface area contributed by atoms with Crippen LogP contribution in [-0.4, -0.2) is 0 Å². The van der Waals surface area contributed by atoms with Crippen molar-refractivity contribution in [1.82, 2.24) is 0 Å². The highest BCUT2D eigenvalue weighted by atomic mass is 32.2. The van der Waals surface area contributed by atoms with E-state index in [1.165, 1.54) is 0 Å². The average Bonchev–Trinajstić information content (AvgIpc) is 2.57. The summed E-state index contributed by atoms with van der Waals surface area (Å²) < 4.78 is 97.1. The SMILES string of the molecule is Fc1cc(F)c2c(c1)[S+](c1cc(F)c(F)c(F)c1)c1cc(F)cc(F)c1C2. The van der Waals surface area contributed by atoms with Crippen LogP contribution in [0.1, 0.15) is 11.1 Å². The van der Waals surface area contributed by atoms with Gasteiger partial charge >= 0.3 is 0 Å². The molecule has 0 fully saturated rings. The molecule has 0 saturated carbocycles. The maximum Gasteiger partial charge on any atom is 0.194 e. The van der Waals surface area contributed by atoms with Gasteiger partial charge in [0.1, 0.15) is 34.2 Å². The van der Waals surface area contributed by atoms with E-state index in [9.17, 15) is 30.7 Å². The Balaban J connectivity index is 2.07. The fraction of sp³-hybridized carbons (Fsp3) is 0.0526. The summed E-state index contributed by atoms with van der Waals surface area (Å²) in [4.78, 5) is -0.200. The molecule has 0 aromatic heterocycles. The molecule has 0 nitrogen and oxygen atoms in total. The van der Waals surface area contributed by atoms with Crippen molar-refractivity contribution >= 4 is 10.9 Å². The Bertz CT molecular complexity index is 1010. The minimum atomic E-state index is -1.71. The fourth-order valence-corrected chi connectivity index (χ4v) is 5.55. The molecular formula is C19H8F7S+. The van der Waals surface area contributed by atoms with Crippen LogP contribution in [0.5, 0.6) is 0 Å². The van der Waals surface area contributed by atoms with E-state index in [1.807, 2.05) is 0 Å². The van der Waals surface area contributed by atoms with Crippen molar-refractivity contribution in [2.24, 2.45) is 0 Å². The normalized spacial score (nSPS) is 13.4. The van der Waals surface area contributed by atoms with Crippen LogP contribution in [0.2, 0.25) is 0 Å². The predicted octanol–water partition coefficient (Wildman–Crippen LogP) is 5.66. The Morgan fingerprint density at radius 3 is 1.44 bits per heavy atom. The topological polar surface area (TPSA) is 0 Å². The molecule has 1 aliphatic heterocycles. The van der Waals surface area contributed by atoms with Gasteiger partial charge in [-0.1, -0.05) is 0 Å². The zero-order valence-electron chi connectivity index (χ0n) is 13.2. The molecule has 0 spiro atoms. The van der Waals surface area contributed by atoms with Gasteiger partial charge in [0.25, 0.3) is 0 Å². The van der Waals surface area contributed by atoms with Crippen LogP contribution < -0.4 is 0 Å². The fourth-order valence-electron chi connectivity index (χ4n) is 3.07. The molecule has 0 unspecified atom stereocenters. The van der Waals surface area contributed by atoms with Crippen molar-refractivity contribution in [3.63, 3.8) is 0 Å². The molecule has 0 amide bonds. The lowest BCUT2D eigenvalue weighted by molar-refractivity contribution is 0.443. The molecule has 0 bridgehead atoms. The Kier molecular flexibility index (Phi) is 4.18. The van der Waals surface area contributed by atoms with Gasteiger partial charge in [-0.2, -0.15) is 0 Å². The Labute approximate surface area is 151 Å². The van der Waals surface area contributed by atoms with Crippen LogP contribution in [0, 0.1) is 40.7 Å². The van der Waals surface area contributed by atoms with E-state index in [0.717, 1.165) is 12.1 Å². The summed E-state index contributed by atoms with van der Waals surface area (Å²) >= 11 is 0. The average molecular weight is 401 g/mol. The zero-order valence-corrected chi connectivity index (χ0v) is 14.0. The molecule has 0 aliphatic carbocycles. The van der Waals surface area contributed by atoms with Gasteiger partial charge in [-0.15, -0.1) is 0 Å². The Morgan fingerprint density at radius 2 is 1.00 bits per heavy atom. The van der Waals surface area contributed by atoms with Gasteiger partial charge in [0.05, 0.1) is 0 Å². The van der Waals surface area contributed by atoms with Gasteiger partial charge in [0.2, 0.25) is 0 Å². The summed E-state index contributed by atoms with van der Waals surface area (Å²) in [6, 6.07) is 4.44. The predicted molar refractivity (Wildman–Crippen MR) is 84.0 cm³/mol. The van der Waals surface area contributed by atoms with E-state index in [2.05, 4.69) is 0 Å². The van der Waals surface area contributed by atoms with Crippen LogP contribution in [0.4, 0.5) is 30.7 Å². The van der Waals surface area contributed by atoms with Gasteiger partial charge in [-0.3, -0.25) is 0 Å². The minimum Gasteiger partial charge on any atom is -0.207 e. The summed E-state index contributed by atoms with van der Waals surface area (Å²) in [5.74, 6) is -8.56. The molecule has 1 aliphatic rings. The van der Waals surface area contributed by atoms with Crippen LogP contribution >= 0.6 is 0 Å². The van der Waals surface area contributed by atoms with Crippen molar-refractivity contribution < 1.29 is 30.7 Å². The number of rotatable bonds is 1. The lowest BCUT2D eigenvalue weighted by Gasteiger charge is -2.21. The molecule has 0 saturated heterocycles. The van der Waals surface area contributed by atoms with Gasteiger partial charge in [-0.25, -0.2) is 30.7 Å². The maximum absolute atomic E-state index is 14.3. The molecule has 27 heavy (non-hydrogen) atoms. The maximum atomic E-state index is 14.3. The standard InChI is InChI=1S/C19H8F7S/c20-8-1-13(22)11-7-12-14(23)2-9(21)4-18(12)27(17(11)3-8)10-5-15(24)19(26)16(25)6-10/h1-6H,7H2/q+1. The summed E-state index contributed by atoms with van der Waals surface area (Å²) in [5, 5.41) is 0. The highest BCUT2D eigenvalue weighted by molar-refractivity contribution is 7.97. The zero-order chi connectivity index (χ0) is 19.5. The molecule has 3 aromatic carbocycles. The largest absolute Gasteiger partial charge is 0.207 e. The first-order chi connectivity index (χ1) is 12.8. The Hall–Kier alpha value is -2.48. The highest BCUT2D eigenvalue weighted by Gasteiger charge is 2.42. The molecule has 0 N–H and O–H groups in total. The van der Waals surface area contributed by atoms with Gasteiger partial charge < -0.3 is 0 Å². The van der Waals surface area contributed by atoms with Crippen molar-refractivity contribution in [2.45, 2.75) is 21.1 Å². The lowest BCUT2D eigenvalue weighted by atomic mass is 10.0. The molecule has 0 radical (unpaired) electrons. The third-order valence-corrected chi connectivity index (χ3v) is 6.54. The molecule has 138 valence electrons. The highest BCUT2D eigenvalue weighted by Crippen LogP contribution is 2.43. The first-order valence-electron chi connectivity index (χ1n) is 7.61. The third kappa shape index (κ3) is 2.88. The molecular weight excluding hydrogens is 393 g/mol. The number of benzene rings is 3. The van der Waals surface area contributed by atoms with E-state index in [1.54, 1.807) is 0 Å². The number of hydrogen-bond acceptors (Lipinski definition) is 0. The molecule has 3 aromatic rings. The van der Waals surface area contributed by atoms with Gasteiger partial charge in [-0.05, 0) is 0 Å². The first-order valence-corrected chi connectivity index (χ1v) is 8.83. The second-order valence-corrected chi connectivity index (χ2v) is 7.88. The summed E-state index contributed by atoms with van der Waals surface area (Å²) in [5.41, 5.74) is -0.134. The quantitative estimate of drug-likeness (QED) is 0.219. The van der Waals surface area contributed by atoms with E-state index in [4.69, 9.17) is 0 Å². The molecule has 0 atom stereocenters. The lowest BCUT2D eigenvalue weighted by Crippen LogP contribution is -2.20. The summed E-state index contributed by atoms with van der Waals surface area (Å²) in [7, 11) is -1.63. The van der Waals surface area contributed by atoms with E-state index < -0.39 is 51.6 Å². The van der Waals surface area contributed by atoms with Gasteiger partial charge in [0, 0.05) is 53.9 Å². The second kappa shape index (κ2) is 6.30. The van der Waals surface area contributed by atoms with Gasteiger partial charge in [0.15, 0.2) is 32.1 Å². The monoisotopic (exact) mass is 401 g/mol. The van der Waals surface area contributed by atoms with Crippen molar-refractivity contribution in [3.05, 3.63) is 88.2 Å². The van der Waals surface area contributed by atoms with Crippen LogP contribution in [0.3, 0.4) is 0 Å². The van der Waals surface area contributed by atoms with Crippen molar-refractivity contribution in [3.8, 4) is 0 Å². The summed E-state index contributed by atoms with van der Waals surface area (Å²) in [6.45, 7) is 0. The van der Waals surface area contributed by atoms with Crippen LogP contribution in [0.15, 0.2) is 51.1 Å². The van der Waals surface area contributed by atoms with E-state index in [-0.39, 0.29) is 32.2 Å². The smallest absolute Gasteiger partial charge is 0.194 e. The number of fused-ring (bicyclic) bond motifs is 2. The van der Waals surface area contributed by atoms with Crippen molar-refractivity contribution in [1.29, 1.82) is 0 Å². The summed E-state index contributed by atoms with van der Waals surface area (Å²) in [6.07, 6.45) is -0.279. The van der Waals surface area contributed by atoms with Crippen molar-refractivity contribution in [2.75, 3.05) is 0 Å². The third-order valence-electron chi connectivity index (χ3n) is 4.23. The minimum absolute atomic E-state index is 0.00425.